The first-order chi connectivity index (χ1) is 7.99. The molecular formula is C12H11NO4. The predicted octanol–water partition coefficient (Wildman–Crippen LogP) is 1.38. The van der Waals surface area contributed by atoms with Crippen LogP contribution >= 0.6 is 0 Å². The maximum Gasteiger partial charge on any atom is 0.335 e. The van der Waals surface area contributed by atoms with E-state index in [-0.39, 0.29) is 5.57 Å². The summed E-state index contributed by atoms with van der Waals surface area (Å²) in [5.74, 6) is -2.59. The fourth-order valence-electron chi connectivity index (χ4n) is 1.11. The second-order valence-corrected chi connectivity index (χ2v) is 3.24. The zero-order chi connectivity index (χ0) is 12.8. The van der Waals surface area contributed by atoms with Crippen LogP contribution < -0.4 is 5.73 Å². The smallest absolute Gasteiger partial charge is 0.335 e. The van der Waals surface area contributed by atoms with E-state index in [1.807, 2.05) is 0 Å². The SMILES string of the molecule is Nc1ccc(C=C/C(=C/C(=O)O)C(=O)O)cc1. The molecule has 4 N–H and O–H groups in total. The standard InChI is InChI=1S/C12H11NO4/c13-10-5-2-8(3-6-10)1-4-9(12(16)17)7-11(14)15/h1-7H,13H2,(H,14,15)(H,16,17)/b4-1?,9-7-. The van der Waals surface area contributed by atoms with Crippen LogP contribution in [0.3, 0.4) is 0 Å². The highest BCUT2D eigenvalue weighted by atomic mass is 16.4. The molecule has 1 rings (SSSR count). The molecule has 0 aromatic heterocycles. The monoisotopic (exact) mass is 233 g/mol. The summed E-state index contributed by atoms with van der Waals surface area (Å²) in [6.07, 6.45) is 3.36. The number of hydrogen-bond donors (Lipinski definition) is 3. The van der Waals surface area contributed by atoms with Gasteiger partial charge in [-0.3, -0.25) is 0 Å². The number of anilines is 1. The molecule has 88 valence electrons. The molecule has 0 fully saturated rings. The fourth-order valence-corrected chi connectivity index (χ4v) is 1.11. The second kappa shape index (κ2) is 5.50. The normalized spacial score (nSPS) is 11.6. The van der Waals surface area contributed by atoms with Crippen LogP contribution in [0.25, 0.3) is 6.08 Å². The molecule has 5 heteroatoms. The zero-order valence-corrected chi connectivity index (χ0v) is 8.83. The number of nitrogens with two attached hydrogens (primary N) is 1. The van der Waals surface area contributed by atoms with Crippen molar-refractivity contribution < 1.29 is 19.8 Å². The highest BCUT2D eigenvalue weighted by Gasteiger charge is 2.05. The summed E-state index contributed by atoms with van der Waals surface area (Å²) >= 11 is 0. The minimum Gasteiger partial charge on any atom is -0.478 e. The number of hydrogen-bond acceptors (Lipinski definition) is 3. The Hall–Kier alpha value is -2.56. The summed E-state index contributed by atoms with van der Waals surface area (Å²) in [5.41, 5.74) is 6.52. The Morgan fingerprint density at radius 1 is 1.12 bits per heavy atom. The minimum absolute atomic E-state index is 0.297. The van der Waals surface area contributed by atoms with Gasteiger partial charge in [-0.15, -0.1) is 0 Å². The van der Waals surface area contributed by atoms with Crippen molar-refractivity contribution in [2.45, 2.75) is 0 Å². The molecule has 0 radical (unpaired) electrons. The lowest BCUT2D eigenvalue weighted by atomic mass is 10.1. The van der Waals surface area contributed by atoms with Gasteiger partial charge < -0.3 is 15.9 Å². The number of aliphatic carboxylic acids is 2. The molecule has 0 saturated carbocycles. The van der Waals surface area contributed by atoms with E-state index in [0.29, 0.717) is 11.8 Å². The molecule has 0 spiro atoms. The average Bonchev–Trinajstić information content (AvgIpc) is 2.25. The fraction of sp³-hybridized carbons (Fsp3) is 0. The molecule has 0 aliphatic carbocycles. The first-order valence-corrected chi connectivity index (χ1v) is 4.70. The quantitative estimate of drug-likeness (QED) is 0.414. The van der Waals surface area contributed by atoms with Crippen molar-refractivity contribution in [3.63, 3.8) is 0 Å². The average molecular weight is 233 g/mol. The highest BCUT2D eigenvalue weighted by Crippen LogP contribution is 2.09. The Morgan fingerprint density at radius 2 is 1.71 bits per heavy atom. The summed E-state index contributed by atoms with van der Waals surface area (Å²) in [6, 6.07) is 6.74. The van der Waals surface area contributed by atoms with Gasteiger partial charge in [-0.2, -0.15) is 0 Å². The van der Waals surface area contributed by atoms with Crippen molar-refractivity contribution in [2.24, 2.45) is 0 Å². The van der Waals surface area contributed by atoms with Crippen molar-refractivity contribution in [2.75, 3.05) is 5.73 Å². The van der Waals surface area contributed by atoms with Crippen LogP contribution in [0.4, 0.5) is 5.69 Å². The van der Waals surface area contributed by atoms with E-state index in [9.17, 15) is 9.59 Å². The topological polar surface area (TPSA) is 101 Å². The van der Waals surface area contributed by atoms with Gasteiger partial charge in [0.1, 0.15) is 0 Å². The van der Waals surface area contributed by atoms with E-state index in [1.165, 1.54) is 12.2 Å². The van der Waals surface area contributed by atoms with Crippen molar-refractivity contribution in [1.82, 2.24) is 0 Å². The Morgan fingerprint density at radius 3 is 2.18 bits per heavy atom. The maximum atomic E-state index is 10.7. The Bertz CT molecular complexity index is 486. The van der Waals surface area contributed by atoms with Gasteiger partial charge in [0, 0.05) is 11.8 Å². The molecule has 5 nitrogen and oxygen atoms in total. The second-order valence-electron chi connectivity index (χ2n) is 3.24. The Labute approximate surface area is 97.5 Å². The molecule has 0 aliphatic heterocycles. The predicted molar refractivity (Wildman–Crippen MR) is 63.2 cm³/mol. The molecular weight excluding hydrogens is 222 g/mol. The van der Waals surface area contributed by atoms with Crippen molar-refractivity contribution in [1.29, 1.82) is 0 Å². The summed E-state index contributed by atoms with van der Waals surface area (Å²) in [5, 5.41) is 17.2. The van der Waals surface area contributed by atoms with Gasteiger partial charge in [0.25, 0.3) is 0 Å². The molecule has 0 saturated heterocycles. The van der Waals surface area contributed by atoms with E-state index < -0.39 is 11.9 Å². The van der Waals surface area contributed by atoms with Crippen LogP contribution in [0.1, 0.15) is 5.56 Å². The third-order valence-electron chi connectivity index (χ3n) is 1.92. The van der Waals surface area contributed by atoms with E-state index >= 15 is 0 Å². The third-order valence-corrected chi connectivity index (χ3v) is 1.92. The first-order valence-electron chi connectivity index (χ1n) is 4.70. The van der Waals surface area contributed by atoms with Crippen LogP contribution in [0.2, 0.25) is 0 Å². The van der Waals surface area contributed by atoms with Crippen LogP contribution in [0.15, 0.2) is 42.0 Å². The van der Waals surface area contributed by atoms with E-state index in [1.54, 1.807) is 24.3 Å². The van der Waals surface area contributed by atoms with Gasteiger partial charge in [-0.05, 0) is 23.8 Å². The number of carboxylic acid groups (broad SMARTS) is 2. The van der Waals surface area contributed by atoms with Crippen LogP contribution in [0.5, 0.6) is 0 Å². The number of nitrogen functional groups attached to an aromatic ring is 1. The molecule has 1 aromatic rings. The number of carboxylic acids is 2. The van der Waals surface area contributed by atoms with E-state index in [2.05, 4.69) is 0 Å². The lowest BCUT2D eigenvalue weighted by molar-refractivity contribution is -0.134. The molecule has 0 amide bonds. The minimum atomic E-state index is -1.30. The summed E-state index contributed by atoms with van der Waals surface area (Å²) in [4.78, 5) is 21.1. The first kappa shape index (κ1) is 12.5. The van der Waals surface area contributed by atoms with Gasteiger partial charge in [0.05, 0.1) is 5.57 Å². The lowest BCUT2D eigenvalue weighted by Crippen LogP contribution is -2.01. The summed E-state index contributed by atoms with van der Waals surface area (Å²) in [7, 11) is 0. The molecule has 0 atom stereocenters. The Balaban J connectivity index is 2.91. The zero-order valence-electron chi connectivity index (χ0n) is 8.83. The Kier molecular flexibility index (Phi) is 4.05. The van der Waals surface area contributed by atoms with Crippen molar-refractivity contribution in [3.8, 4) is 0 Å². The lowest BCUT2D eigenvalue weighted by Gasteiger charge is -1.96. The molecule has 0 unspecified atom stereocenters. The van der Waals surface area contributed by atoms with Gasteiger partial charge in [-0.25, -0.2) is 9.59 Å². The third kappa shape index (κ3) is 4.21. The molecule has 1 aromatic carbocycles. The maximum absolute atomic E-state index is 10.7. The van der Waals surface area contributed by atoms with Crippen LogP contribution in [-0.2, 0) is 9.59 Å². The van der Waals surface area contributed by atoms with Crippen LogP contribution in [0, 0.1) is 0 Å². The number of rotatable bonds is 4. The number of carbonyl (C=O) groups is 2. The molecule has 0 aliphatic rings. The van der Waals surface area contributed by atoms with Gasteiger partial charge in [-0.1, -0.05) is 18.2 Å². The van der Waals surface area contributed by atoms with Crippen LogP contribution in [-0.4, -0.2) is 22.2 Å². The largest absolute Gasteiger partial charge is 0.478 e. The highest BCUT2D eigenvalue weighted by molar-refractivity contribution is 5.97. The van der Waals surface area contributed by atoms with E-state index in [0.717, 1.165) is 5.56 Å². The van der Waals surface area contributed by atoms with Gasteiger partial charge in [0.15, 0.2) is 0 Å². The van der Waals surface area contributed by atoms with Crippen molar-refractivity contribution in [3.05, 3.63) is 47.6 Å². The van der Waals surface area contributed by atoms with E-state index in [4.69, 9.17) is 15.9 Å². The van der Waals surface area contributed by atoms with Gasteiger partial charge in [0.2, 0.25) is 0 Å². The van der Waals surface area contributed by atoms with Crippen molar-refractivity contribution >= 4 is 23.7 Å². The summed E-state index contributed by atoms with van der Waals surface area (Å²) in [6.45, 7) is 0. The summed E-state index contributed by atoms with van der Waals surface area (Å²) < 4.78 is 0. The molecule has 17 heavy (non-hydrogen) atoms. The number of benzene rings is 1. The molecule has 0 heterocycles. The van der Waals surface area contributed by atoms with Gasteiger partial charge >= 0.3 is 11.9 Å². The molecule has 0 bridgehead atoms.